The second kappa shape index (κ2) is 6.44. The van der Waals surface area contributed by atoms with Crippen LogP contribution in [0.1, 0.15) is 12.0 Å². The summed E-state index contributed by atoms with van der Waals surface area (Å²) < 4.78 is 40.1. The molecule has 0 aliphatic carbocycles. The molecule has 2 aromatic heterocycles. The van der Waals surface area contributed by atoms with Gasteiger partial charge in [0.2, 0.25) is 0 Å². The molecule has 0 saturated carbocycles. The lowest BCUT2D eigenvalue weighted by atomic mass is 10.2. The molecule has 9 heteroatoms. The quantitative estimate of drug-likeness (QED) is 0.432. The van der Waals surface area contributed by atoms with Gasteiger partial charge in [0.15, 0.2) is 0 Å². The summed E-state index contributed by atoms with van der Waals surface area (Å²) in [6.07, 6.45) is 1.44. The average molecular weight is 300 g/mol. The molecule has 0 unspecified atom stereocenters. The second-order valence-corrected chi connectivity index (χ2v) is 4.35. The highest BCUT2D eigenvalue weighted by molar-refractivity contribution is 5.49. The van der Waals surface area contributed by atoms with E-state index >= 15 is 0 Å². The molecule has 0 spiro atoms. The Morgan fingerprint density at radius 2 is 2.00 bits per heavy atom. The molecule has 0 radical (unpaired) electrons. The van der Waals surface area contributed by atoms with E-state index in [1.54, 1.807) is 12.5 Å². The van der Waals surface area contributed by atoms with Crippen LogP contribution in [0.15, 0.2) is 30.9 Å². The fourth-order valence-corrected chi connectivity index (χ4v) is 1.76. The summed E-state index contributed by atoms with van der Waals surface area (Å²) >= 11 is 0. The largest absolute Gasteiger partial charge is 0.416 e. The Bertz CT molecular complexity index is 567. The Morgan fingerprint density at radius 3 is 2.62 bits per heavy atom. The topological polar surface area (TPSA) is 80.8 Å². The first-order valence-corrected chi connectivity index (χ1v) is 6.24. The number of nitrogens with zero attached hydrogens (tertiary/aromatic N) is 3. The van der Waals surface area contributed by atoms with Crippen LogP contribution >= 0.6 is 0 Å². The highest BCUT2D eigenvalue weighted by atomic mass is 19.4. The predicted octanol–water partition coefficient (Wildman–Crippen LogP) is 2.08. The second-order valence-electron chi connectivity index (χ2n) is 4.35. The smallest absolute Gasteiger partial charge is 0.370 e. The zero-order valence-corrected chi connectivity index (χ0v) is 11.1. The molecule has 21 heavy (non-hydrogen) atoms. The highest BCUT2D eigenvalue weighted by Gasteiger charge is 2.31. The van der Waals surface area contributed by atoms with E-state index in [1.807, 2.05) is 10.8 Å². The number of nitrogen functional groups attached to an aromatic ring is 1. The van der Waals surface area contributed by atoms with Crippen molar-refractivity contribution in [3.8, 4) is 0 Å². The summed E-state index contributed by atoms with van der Waals surface area (Å²) in [7, 11) is 0. The van der Waals surface area contributed by atoms with Gasteiger partial charge in [0.25, 0.3) is 0 Å². The Hall–Kier alpha value is -2.29. The molecule has 0 atom stereocenters. The molecular formula is C12H15F3N6. The minimum absolute atomic E-state index is 0.0399. The van der Waals surface area contributed by atoms with Crippen molar-refractivity contribution in [2.24, 2.45) is 5.84 Å². The molecular weight excluding hydrogens is 285 g/mol. The predicted molar refractivity (Wildman–Crippen MR) is 72.4 cm³/mol. The molecule has 0 aliphatic heterocycles. The molecule has 2 rings (SSSR count). The Kier molecular flexibility index (Phi) is 4.63. The molecule has 4 N–H and O–H groups in total. The summed E-state index contributed by atoms with van der Waals surface area (Å²) in [4.78, 5) is 7.84. The molecule has 0 amide bonds. The summed E-state index contributed by atoms with van der Waals surface area (Å²) in [6.45, 7) is 1.20. The van der Waals surface area contributed by atoms with Gasteiger partial charge in [-0.2, -0.15) is 13.2 Å². The van der Waals surface area contributed by atoms with Crippen molar-refractivity contribution < 1.29 is 13.2 Å². The van der Waals surface area contributed by atoms with E-state index in [4.69, 9.17) is 5.84 Å². The van der Waals surface area contributed by atoms with Crippen molar-refractivity contribution in [3.05, 3.63) is 36.4 Å². The molecule has 0 bridgehead atoms. The van der Waals surface area contributed by atoms with Gasteiger partial charge in [-0.1, -0.05) is 0 Å². The molecule has 114 valence electrons. The van der Waals surface area contributed by atoms with Crippen molar-refractivity contribution in [1.29, 1.82) is 0 Å². The molecule has 0 aliphatic rings. The maximum atomic E-state index is 12.7. The molecule has 2 heterocycles. The Balaban J connectivity index is 1.95. The van der Waals surface area contributed by atoms with Gasteiger partial charge in [-0.25, -0.2) is 15.8 Å². The Labute approximate surface area is 119 Å². The lowest BCUT2D eigenvalue weighted by molar-refractivity contribution is -0.137. The zero-order valence-electron chi connectivity index (χ0n) is 11.1. The van der Waals surface area contributed by atoms with Crippen LogP contribution in [0.2, 0.25) is 0 Å². The minimum atomic E-state index is -4.44. The number of alkyl halides is 3. The van der Waals surface area contributed by atoms with Crippen LogP contribution in [0.5, 0.6) is 0 Å². The number of hydrogen-bond acceptors (Lipinski definition) is 5. The van der Waals surface area contributed by atoms with E-state index in [1.165, 1.54) is 0 Å². The number of aryl methyl sites for hydroxylation is 1. The fourth-order valence-electron chi connectivity index (χ4n) is 1.76. The first kappa shape index (κ1) is 15.1. The number of aromatic nitrogens is 3. The van der Waals surface area contributed by atoms with Crippen LogP contribution in [0.3, 0.4) is 0 Å². The van der Waals surface area contributed by atoms with Crippen molar-refractivity contribution in [2.45, 2.75) is 19.1 Å². The SMILES string of the molecule is NNc1cc(C(F)(F)F)cc(NCCCn2ccnc2)n1. The van der Waals surface area contributed by atoms with Crippen molar-refractivity contribution in [2.75, 3.05) is 17.3 Å². The molecule has 0 fully saturated rings. The van der Waals surface area contributed by atoms with Crippen molar-refractivity contribution >= 4 is 11.6 Å². The number of rotatable bonds is 6. The number of nitrogens with one attached hydrogen (secondary N) is 2. The van der Waals surface area contributed by atoms with Gasteiger partial charge in [0.05, 0.1) is 11.9 Å². The third-order valence-corrected chi connectivity index (χ3v) is 2.76. The van der Waals surface area contributed by atoms with E-state index in [9.17, 15) is 13.2 Å². The standard InChI is InChI=1S/C12H15F3N6/c13-12(14,15)9-6-10(19-11(7-9)20-16)18-2-1-4-21-5-3-17-8-21/h3,5-8H,1-2,4,16H2,(H2,18,19,20). The van der Waals surface area contributed by atoms with Crippen molar-refractivity contribution in [3.63, 3.8) is 0 Å². The first-order valence-electron chi connectivity index (χ1n) is 6.24. The Morgan fingerprint density at radius 1 is 1.24 bits per heavy atom. The first-order chi connectivity index (χ1) is 9.99. The number of hydrazine groups is 1. The van der Waals surface area contributed by atoms with E-state index in [-0.39, 0.29) is 11.6 Å². The van der Waals surface area contributed by atoms with Crippen LogP contribution in [0, 0.1) is 0 Å². The third-order valence-electron chi connectivity index (χ3n) is 2.76. The van der Waals surface area contributed by atoms with Gasteiger partial charge in [-0.05, 0) is 18.6 Å². The highest BCUT2D eigenvalue weighted by Crippen LogP contribution is 2.31. The van der Waals surface area contributed by atoms with Gasteiger partial charge in [0, 0.05) is 25.5 Å². The number of pyridine rings is 1. The number of halogens is 3. The number of imidazole rings is 1. The van der Waals surface area contributed by atoms with Gasteiger partial charge < -0.3 is 15.3 Å². The van der Waals surface area contributed by atoms with E-state index in [0.717, 1.165) is 18.6 Å². The molecule has 6 nitrogen and oxygen atoms in total. The summed E-state index contributed by atoms with van der Waals surface area (Å²) in [5.74, 6) is 5.22. The third kappa shape index (κ3) is 4.35. The summed E-state index contributed by atoms with van der Waals surface area (Å²) in [5, 5.41) is 2.85. The van der Waals surface area contributed by atoms with Crippen LogP contribution in [-0.2, 0) is 12.7 Å². The molecule has 0 saturated heterocycles. The number of nitrogens with two attached hydrogens (primary N) is 1. The fraction of sp³-hybridized carbons (Fsp3) is 0.333. The van der Waals surface area contributed by atoms with Gasteiger partial charge in [0.1, 0.15) is 11.6 Å². The van der Waals surface area contributed by atoms with Crippen LogP contribution < -0.4 is 16.6 Å². The van der Waals surface area contributed by atoms with Gasteiger partial charge >= 0.3 is 6.18 Å². The maximum absolute atomic E-state index is 12.7. The maximum Gasteiger partial charge on any atom is 0.416 e. The van der Waals surface area contributed by atoms with Crippen molar-refractivity contribution in [1.82, 2.24) is 14.5 Å². The van der Waals surface area contributed by atoms with E-state index < -0.39 is 11.7 Å². The van der Waals surface area contributed by atoms with Gasteiger partial charge in [-0.3, -0.25) is 0 Å². The normalized spacial score (nSPS) is 11.4. The van der Waals surface area contributed by atoms with E-state index in [2.05, 4.69) is 20.7 Å². The molecule has 2 aromatic rings. The lowest BCUT2D eigenvalue weighted by Gasteiger charge is -2.12. The molecule has 0 aromatic carbocycles. The van der Waals surface area contributed by atoms with Crippen LogP contribution in [0.25, 0.3) is 0 Å². The number of hydrogen-bond donors (Lipinski definition) is 3. The minimum Gasteiger partial charge on any atom is -0.370 e. The monoisotopic (exact) mass is 300 g/mol. The van der Waals surface area contributed by atoms with E-state index in [0.29, 0.717) is 13.1 Å². The lowest BCUT2D eigenvalue weighted by Crippen LogP contribution is -2.14. The summed E-state index contributed by atoms with van der Waals surface area (Å²) in [5.41, 5.74) is 1.33. The van der Waals surface area contributed by atoms with Crippen LogP contribution in [-0.4, -0.2) is 21.1 Å². The average Bonchev–Trinajstić information content (AvgIpc) is 2.95. The van der Waals surface area contributed by atoms with Crippen LogP contribution in [0.4, 0.5) is 24.8 Å². The summed E-state index contributed by atoms with van der Waals surface area (Å²) in [6, 6.07) is 1.81. The zero-order chi connectivity index (χ0) is 15.3. The van der Waals surface area contributed by atoms with Gasteiger partial charge in [-0.15, -0.1) is 0 Å². The number of anilines is 2.